The van der Waals surface area contributed by atoms with Crippen molar-refractivity contribution in [1.82, 2.24) is 83.7 Å². The number of H-pyrrole nitrogens is 2. The number of likely N-dealkylation sites (N-methyl/N-ethyl adjacent to an activating group) is 1. The zero-order valence-electron chi connectivity index (χ0n) is 55.2. The van der Waals surface area contributed by atoms with Crippen LogP contribution in [0.2, 0.25) is 0 Å². The number of aliphatic hydroxyl groups excluding tert-OH is 1. The first-order valence-corrected chi connectivity index (χ1v) is 33.2. The van der Waals surface area contributed by atoms with E-state index in [2.05, 4.69) is 91.4 Å². The number of thiol groups is 1. The molecule has 32 nitrogen and oxygen atoms in total. The van der Waals surface area contributed by atoms with Crippen molar-refractivity contribution in [3.05, 3.63) is 54.2 Å². The molecule has 0 spiro atoms. The van der Waals surface area contributed by atoms with Crippen molar-refractivity contribution in [2.45, 2.75) is 154 Å². The number of carbonyl (C=O) groups excluding carboxylic acids is 14. The number of imidazole rings is 1. The predicted molar refractivity (Wildman–Crippen MR) is 356 cm³/mol. The number of primary amides is 1. The van der Waals surface area contributed by atoms with E-state index in [1.165, 1.54) is 38.1 Å². The number of thioether (sulfide) groups is 1. The molecule has 0 saturated heterocycles. The number of aliphatic hydroxyl groups is 1. The number of unbranched alkanes of at least 4 members (excludes halogenated alkanes) is 1. The number of para-hydroxylation sites is 1. The largest absolute Gasteiger partial charge is 0.394 e. The minimum Gasteiger partial charge on any atom is -0.394 e. The standard InChI is InChI=1S/C61H95N17O15S2/c1-33(2)22-43(58(90)73-40(36(6)80)19-21-95-9)74-59(91)45(24-38-26-63-32-68-38)71-51(84)28-67-61(93)53(34(3)4)77-54(86)35(5)69-57(89)44(23-37-25-65-41-15-11-10-14-39(37)41)75-56(88)42(17-18-48(62)81)70-49(82)16-12-13-20-64-50(83)27-66-55(87)47(31-94)76-60(92)46(30-79)72-52(85)29-78(7)8/h10-11,14-15,25-26,32-35,40,42-47,53,65,79,94H,12-13,16-24,27-31H2,1-9H3,(H2,62,81)(H,63,68)(H,64,83)(H,66,87)(H,67,93)(H,69,89)(H,70,82)(H,71,84)(H,72,85)(H,73,90)(H,74,91)(H,75,88)(H,76,92)(H,77,86)/t35-,40?,42-,43-,44-,45-,46-,47-,53-/m0/s1. The van der Waals surface area contributed by atoms with Gasteiger partial charge in [0.15, 0.2) is 5.78 Å². The molecule has 0 aliphatic rings. The van der Waals surface area contributed by atoms with Crippen LogP contribution in [-0.2, 0) is 80.0 Å². The molecule has 1 unspecified atom stereocenters. The van der Waals surface area contributed by atoms with Gasteiger partial charge in [0.05, 0.1) is 38.6 Å². The maximum Gasteiger partial charge on any atom is 0.245 e. The number of fused-ring (bicyclic) bond motifs is 1. The molecular formula is C61H95N17O15S2. The second-order valence-corrected chi connectivity index (χ2v) is 25.1. The molecule has 13 amide bonds. The van der Waals surface area contributed by atoms with E-state index >= 15 is 0 Å². The lowest BCUT2D eigenvalue weighted by molar-refractivity contribution is -0.135. The number of nitrogens with one attached hydrogen (secondary N) is 14. The van der Waals surface area contributed by atoms with Crippen LogP contribution in [0.1, 0.15) is 97.7 Å². The highest BCUT2D eigenvalue weighted by atomic mass is 32.2. The highest BCUT2D eigenvalue weighted by molar-refractivity contribution is 7.98. The van der Waals surface area contributed by atoms with Gasteiger partial charge in [0, 0.05) is 67.0 Å². The van der Waals surface area contributed by atoms with E-state index in [9.17, 15) is 72.2 Å². The summed E-state index contributed by atoms with van der Waals surface area (Å²) >= 11 is 5.60. The molecule has 17 N–H and O–H groups in total. The first kappa shape index (κ1) is 80.6. The van der Waals surface area contributed by atoms with Gasteiger partial charge in [-0.1, -0.05) is 45.9 Å². The average Bonchev–Trinajstić information content (AvgIpc) is 1.72. The molecule has 3 aromatic rings. The van der Waals surface area contributed by atoms with Crippen LogP contribution in [0.25, 0.3) is 10.9 Å². The molecule has 0 aliphatic carbocycles. The van der Waals surface area contributed by atoms with Crippen molar-refractivity contribution in [3.63, 3.8) is 0 Å². The Bertz CT molecular complexity index is 3090. The Kier molecular flexibility index (Phi) is 35.6. The van der Waals surface area contributed by atoms with Gasteiger partial charge in [0.1, 0.15) is 48.3 Å². The summed E-state index contributed by atoms with van der Waals surface area (Å²) in [6, 6.07) is -3.99. The highest BCUT2D eigenvalue weighted by Gasteiger charge is 2.34. The maximum absolute atomic E-state index is 14.3. The number of nitrogens with zero attached hydrogens (tertiary/aromatic N) is 2. The number of amides is 13. The Balaban J connectivity index is 1.66. The third-order valence-corrected chi connectivity index (χ3v) is 15.6. The van der Waals surface area contributed by atoms with E-state index in [0.717, 1.165) is 0 Å². The number of hydrogen-bond donors (Lipinski definition) is 17. The fraction of sp³-hybridized carbons (Fsp3) is 0.590. The molecule has 0 fully saturated rings. The SMILES string of the molecule is CSCCC(NC(=O)[C@H](CC(C)C)NC(=O)[C@H](Cc1cnc[nH]1)NC(=O)CNC(=O)[C@@H](NC(=O)[C@H](C)NC(=O)[C@H](Cc1c[nH]c2ccccc12)NC(=O)[C@H](CCC(N)=O)NC(=O)CCCCNC(=O)CNC(=O)[C@H](CS)NC(=O)[C@H](CO)NC(=O)CN(C)C)C(C)C)C(C)=O. The van der Waals surface area contributed by atoms with E-state index in [1.807, 2.05) is 20.1 Å². The fourth-order valence-electron chi connectivity index (χ4n) is 9.40. The molecule has 0 bridgehead atoms. The monoisotopic (exact) mass is 1370 g/mol. The van der Waals surface area contributed by atoms with Crippen LogP contribution < -0.4 is 69.5 Å². The van der Waals surface area contributed by atoms with Crippen molar-refractivity contribution >= 4 is 118 Å². The summed E-state index contributed by atoms with van der Waals surface area (Å²) in [4.78, 5) is 197. The normalized spacial score (nSPS) is 14.0. The van der Waals surface area contributed by atoms with Gasteiger partial charge in [-0.25, -0.2) is 4.98 Å². The average molecular weight is 1370 g/mol. The first-order chi connectivity index (χ1) is 45.0. The van der Waals surface area contributed by atoms with E-state index < -0.39 is 157 Å². The van der Waals surface area contributed by atoms with Crippen LogP contribution in [-0.4, -0.2) is 227 Å². The van der Waals surface area contributed by atoms with E-state index in [1.54, 1.807) is 63.3 Å². The van der Waals surface area contributed by atoms with Gasteiger partial charge in [-0.05, 0) is 95.5 Å². The summed E-state index contributed by atoms with van der Waals surface area (Å²) in [5.41, 5.74) is 7.20. The number of hydrogen-bond acceptors (Lipinski definition) is 19. The topological polar surface area (TPSA) is 477 Å². The third-order valence-electron chi connectivity index (χ3n) is 14.6. The van der Waals surface area contributed by atoms with Crippen LogP contribution in [0.3, 0.4) is 0 Å². The van der Waals surface area contributed by atoms with Gasteiger partial charge in [0.25, 0.3) is 0 Å². The van der Waals surface area contributed by atoms with Crippen molar-refractivity contribution < 1.29 is 72.2 Å². The molecule has 3 rings (SSSR count). The molecule has 2 heterocycles. The van der Waals surface area contributed by atoms with Gasteiger partial charge in [-0.3, -0.25) is 67.1 Å². The number of Topliss-reactive ketones (excluding diaryl/α,β-unsaturated/α-hetero) is 1. The second-order valence-electron chi connectivity index (χ2n) is 23.8. The number of aromatic nitrogens is 3. The van der Waals surface area contributed by atoms with Crippen LogP contribution in [0.4, 0.5) is 0 Å². The molecule has 2 aromatic heterocycles. The Morgan fingerprint density at radius 2 is 1.20 bits per heavy atom. The minimum atomic E-state index is -1.42. The summed E-state index contributed by atoms with van der Waals surface area (Å²) in [6.45, 7) is 7.77. The molecule has 0 radical (unpaired) electrons. The Labute approximate surface area is 561 Å². The number of carbonyl (C=O) groups is 14. The highest BCUT2D eigenvalue weighted by Crippen LogP contribution is 2.20. The van der Waals surface area contributed by atoms with Gasteiger partial charge in [0.2, 0.25) is 76.8 Å². The fourth-order valence-corrected chi connectivity index (χ4v) is 10.1. The molecule has 0 saturated carbocycles. The second kappa shape index (κ2) is 41.9. The Morgan fingerprint density at radius 3 is 1.82 bits per heavy atom. The van der Waals surface area contributed by atoms with Gasteiger partial charge >= 0.3 is 0 Å². The predicted octanol–water partition coefficient (Wildman–Crippen LogP) is -3.63. The lowest BCUT2D eigenvalue weighted by Crippen LogP contribution is -2.59. The summed E-state index contributed by atoms with van der Waals surface area (Å²) in [5.74, 6) is -10.1. The van der Waals surface area contributed by atoms with Crippen molar-refractivity contribution in [3.8, 4) is 0 Å². The summed E-state index contributed by atoms with van der Waals surface area (Å²) in [5, 5.41) is 41.1. The number of nitrogens with two attached hydrogens (primary N) is 1. The zero-order valence-corrected chi connectivity index (χ0v) is 56.9. The van der Waals surface area contributed by atoms with Crippen LogP contribution >= 0.6 is 24.4 Å². The van der Waals surface area contributed by atoms with Gasteiger partial charge in [-0.15, -0.1) is 0 Å². The van der Waals surface area contributed by atoms with Crippen molar-refractivity contribution in [2.24, 2.45) is 17.6 Å². The minimum absolute atomic E-state index is 0.0570. The molecular weight excluding hydrogens is 1270 g/mol. The molecule has 95 heavy (non-hydrogen) atoms. The molecule has 34 heteroatoms. The Morgan fingerprint density at radius 1 is 0.611 bits per heavy atom. The number of rotatable bonds is 44. The maximum atomic E-state index is 14.3. The smallest absolute Gasteiger partial charge is 0.245 e. The van der Waals surface area contributed by atoms with Gasteiger partial charge < -0.3 is 89.5 Å². The van der Waals surface area contributed by atoms with Crippen molar-refractivity contribution in [2.75, 3.05) is 64.6 Å². The number of benzene rings is 1. The summed E-state index contributed by atoms with van der Waals surface area (Å²) in [6.07, 6.45) is 6.36. The number of ketones is 1. The summed E-state index contributed by atoms with van der Waals surface area (Å²) in [7, 11) is 3.27. The van der Waals surface area contributed by atoms with Crippen LogP contribution in [0, 0.1) is 11.8 Å². The third kappa shape index (κ3) is 29.7. The van der Waals surface area contributed by atoms with Crippen molar-refractivity contribution in [1.29, 1.82) is 0 Å². The lowest BCUT2D eigenvalue weighted by atomic mass is 10.0. The van der Waals surface area contributed by atoms with Crippen LogP contribution in [0.5, 0.6) is 0 Å². The lowest BCUT2D eigenvalue weighted by Gasteiger charge is -2.26. The first-order valence-electron chi connectivity index (χ1n) is 31.2. The molecule has 1 aromatic carbocycles. The van der Waals surface area contributed by atoms with E-state index in [4.69, 9.17) is 5.73 Å². The quantitative estimate of drug-likeness (QED) is 0.0192. The van der Waals surface area contributed by atoms with E-state index in [0.29, 0.717) is 34.3 Å². The molecule has 526 valence electrons. The zero-order chi connectivity index (χ0) is 70.9. The Hall–Kier alpha value is -8.63. The van der Waals surface area contributed by atoms with Gasteiger partial charge in [-0.2, -0.15) is 24.4 Å². The molecule has 0 aliphatic heterocycles. The number of aromatic amines is 2. The summed E-state index contributed by atoms with van der Waals surface area (Å²) < 4.78 is 0. The van der Waals surface area contributed by atoms with Crippen LogP contribution in [0.15, 0.2) is 43.0 Å². The molecule has 9 atom stereocenters. The van der Waals surface area contributed by atoms with E-state index in [-0.39, 0.29) is 81.9 Å².